The second-order valence-electron chi connectivity index (χ2n) is 4.30. The molecule has 0 N–H and O–H groups in total. The number of hydrogen-bond donors (Lipinski definition) is 0. The molecule has 1 saturated heterocycles. The molecule has 17 heavy (non-hydrogen) atoms. The number of ether oxygens (including phenoxy) is 2. The molecule has 0 amide bonds. The van der Waals surface area contributed by atoms with Crippen LogP contribution in [0.1, 0.15) is 25.5 Å². The summed E-state index contributed by atoms with van der Waals surface area (Å²) in [5.41, 5.74) is 1.08. The van der Waals surface area contributed by atoms with Crippen molar-refractivity contribution in [2.45, 2.75) is 25.5 Å². The van der Waals surface area contributed by atoms with Gasteiger partial charge in [0.05, 0.1) is 24.2 Å². The zero-order valence-electron chi connectivity index (χ0n) is 9.93. The van der Waals surface area contributed by atoms with Gasteiger partial charge in [-0.05, 0) is 31.4 Å². The van der Waals surface area contributed by atoms with E-state index < -0.39 is 0 Å². The molecule has 1 fully saturated rings. The number of hydrogen-bond acceptors (Lipinski definition) is 3. The van der Waals surface area contributed by atoms with Crippen LogP contribution in [0.2, 0.25) is 0 Å². The van der Waals surface area contributed by atoms with E-state index >= 15 is 0 Å². The van der Waals surface area contributed by atoms with Crippen molar-refractivity contribution in [2.75, 3.05) is 13.7 Å². The standard InChI is InChI=1S/C13H16N2O2/c1-16-12-6-4-5-11-10(12)9-14-15(11)13-7-2-3-8-17-13/h4-6,9,13H,2-3,7-8H2,1H3. The molecule has 1 atom stereocenters. The number of benzene rings is 1. The molecule has 4 nitrogen and oxygen atoms in total. The highest BCUT2D eigenvalue weighted by molar-refractivity contribution is 5.85. The van der Waals surface area contributed by atoms with Crippen LogP contribution in [0.25, 0.3) is 10.9 Å². The van der Waals surface area contributed by atoms with Gasteiger partial charge >= 0.3 is 0 Å². The SMILES string of the molecule is COc1cccc2c1cnn2C1CCCCO1. The maximum Gasteiger partial charge on any atom is 0.150 e. The Bertz CT molecular complexity index is 515. The molecule has 1 aliphatic rings. The van der Waals surface area contributed by atoms with Crippen LogP contribution in [0.15, 0.2) is 24.4 Å². The van der Waals surface area contributed by atoms with Gasteiger partial charge in [0.25, 0.3) is 0 Å². The van der Waals surface area contributed by atoms with E-state index in [4.69, 9.17) is 9.47 Å². The van der Waals surface area contributed by atoms with Crippen molar-refractivity contribution >= 4 is 10.9 Å². The molecule has 1 aliphatic heterocycles. The Morgan fingerprint density at radius 1 is 1.41 bits per heavy atom. The molecule has 1 unspecified atom stereocenters. The van der Waals surface area contributed by atoms with Crippen molar-refractivity contribution in [2.24, 2.45) is 0 Å². The first-order valence-corrected chi connectivity index (χ1v) is 6.02. The van der Waals surface area contributed by atoms with E-state index in [0.29, 0.717) is 0 Å². The quantitative estimate of drug-likeness (QED) is 0.798. The Kier molecular flexibility index (Phi) is 2.73. The second-order valence-corrected chi connectivity index (χ2v) is 4.30. The third kappa shape index (κ3) is 1.78. The molecular weight excluding hydrogens is 216 g/mol. The summed E-state index contributed by atoms with van der Waals surface area (Å²) in [6.07, 6.45) is 5.32. The minimum Gasteiger partial charge on any atom is -0.496 e. The first kappa shape index (κ1) is 10.6. The summed E-state index contributed by atoms with van der Waals surface area (Å²) < 4.78 is 13.1. The fraction of sp³-hybridized carbons (Fsp3) is 0.462. The fourth-order valence-corrected chi connectivity index (χ4v) is 2.37. The van der Waals surface area contributed by atoms with Gasteiger partial charge in [0.2, 0.25) is 0 Å². The predicted molar refractivity (Wildman–Crippen MR) is 65.1 cm³/mol. The summed E-state index contributed by atoms with van der Waals surface area (Å²) in [6.45, 7) is 0.829. The van der Waals surface area contributed by atoms with Crippen LogP contribution in [0.4, 0.5) is 0 Å². The van der Waals surface area contributed by atoms with Crippen LogP contribution < -0.4 is 4.74 Å². The lowest BCUT2D eigenvalue weighted by Gasteiger charge is -2.23. The van der Waals surface area contributed by atoms with E-state index in [0.717, 1.165) is 36.1 Å². The van der Waals surface area contributed by atoms with Crippen LogP contribution in [-0.4, -0.2) is 23.5 Å². The molecule has 90 valence electrons. The van der Waals surface area contributed by atoms with Crippen LogP contribution in [0, 0.1) is 0 Å². The Hall–Kier alpha value is -1.55. The lowest BCUT2D eigenvalue weighted by atomic mass is 10.2. The van der Waals surface area contributed by atoms with E-state index in [9.17, 15) is 0 Å². The Morgan fingerprint density at radius 2 is 2.35 bits per heavy atom. The molecular formula is C13H16N2O2. The number of rotatable bonds is 2. The lowest BCUT2D eigenvalue weighted by Crippen LogP contribution is -2.18. The summed E-state index contributed by atoms with van der Waals surface area (Å²) in [4.78, 5) is 0. The summed E-state index contributed by atoms with van der Waals surface area (Å²) in [5.74, 6) is 0.865. The second kappa shape index (κ2) is 4.37. The monoisotopic (exact) mass is 232 g/mol. The average Bonchev–Trinajstić information content (AvgIpc) is 2.83. The minimum atomic E-state index is 0.0772. The lowest BCUT2D eigenvalue weighted by molar-refractivity contribution is -0.0366. The minimum absolute atomic E-state index is 0.0772. The van der Waals surface area contributed by atoms with Gasteiger partial charge in [0.15, 0.2) is 6.23 Å². The van der Waals surface area contributed by atoms with Crippen molar-refractivity contribution in [3.63, 3.8) is 0 Å². The zero-order valence-corrected chi connectivity index (χ0v) is 9.93. The van der Waals surface area contributed by atoms with Crippen molar-refractivity contribution in [3.8, 4) is 5.75 Å². The first-order chi connectivity index (χ1) is 8.40. The molecule has 0 radical (unpaired) electrons. The van der Waals surface area contributed by atoms with Gasteiger partial charge in [-0.25, -0.2) is 4.68 Å². The molecule has 3 rings (SSSR count). The molecule has 1 aromatic carbocycles. The van der Waals surface area contributed by atoms with Gasteiger partial charge in [-0.1, -0.05) is 6.07 Å². The number of fused-ring (bicyclic) bond motifs is 1. The Morgan fingerprint density at radius 3 is 3.12 bits per heavy atom. The van der Waals surface area contributed by atoms with Crippen molar-refractivity contribution < 1.29 is 9.47 Å². The van der Waals surface area contributed by atoms with Gasteiger partial charge in [0, 0.05) is 6.61 Å². The van der Waals surface area contributed by atoms with Gasteiger partial charge in [-0.3, -0.25) is 0 Å². The van der Waals surface area contributed by atoms with Gasteiger partial charge in [-0.2, -0.15) is 5.10 Å². The van der Waals surface area contributed by atoms with E-state index in [2.05, 4.69) is 11.2 Å². The van der Waals surface area contributed by atoms with E-state index in [1.807, 2.05) is 23.0 Å². The highest BCUT2D eigenvalue weighted by Gasteiger charge is 2.19. The van der Waals surface area contributed by atoms with Gasteiger partial charge in [-0.15, -0.1) is 0 Å². The van der Waals surface area contributed by atoms with Crippen LogP contribution in [-0.2, 0) is 4.74 Å². The average molecular weight is 232 g/mol. The smallest absolute Gasteiger partial charge is 0.150 e. The molecule has 0 spiro atoms. The van der Waals surface area contributed by atoms with Crippen molar-refractivity contribution in [3.05, 3.63) is 24.4 Å². The van der Waals surface area contributed by atoms with E-state index in [1.54, 1.807) is 7.11 Å². The van der Waals surface area contributed by atoms with E-state index in [1.165, 1.54) is 6.42 Å². The fourth-order valence-electron chi connectivity index (χ4n) is 2.37. The maximum absolute atomic E-state index is 5.76. The van der Waals surface area contributed by atoms with Crippen LogP contribution in [0.3, 0.4) is 0 Å². The molecule has 2 heterocycles. The van der Waals surface area contributed by atoms with Gasteiger partial charge in [0.1, 0.15) is 5.75 Å². The van der Waals surface area contributed by atoms with Crippen molar-refractivity contribution in [1.29, 1.82) is 0 Å². The molecule has 4 heteroatoms. The number of methoxy groups -OCH3 is 1. The highest BCUT2D eigenvalue weighted by atomic mass is 16.5. The summed E-state index contributed by atoms with van der Waals surface area (Å²) in [7, 11) is 1.68. The first-order valence-electron chi connectivity index (χ1n) is 6.02. The number of aromatic nitrogens is 2. The summed E-state index contributed by atoms with van der Waals surface area (Å²) in [5, 5.41) is 5.48. The Balaban J connectivity index is 2.05. The molecule has 1 aromatic heterocycles. The number of nitrogens with zero attached hydrogens (tertiary/aromatic N) is 2. The maximum atomic E-state index is 5.76. The summed E-state index contributed by atoms with van der Waals surface area (Å²) >= 11 is 0. The largest absolute Gasteiger partial charge is 0.496 e. The predicted octanol–water partition coefficient (Wildman–Crippen LogP) is 2.74. The zero-order chi connectivity index (χ0) is 11.7. The van der Waals surface area contributed by atoms with Crippen molar-refractivity contribution in [1.82, 2.24) is 9.78 Å². The molecule has 0 aliphatic carbocycles. The molecule has 2 aromatic rings. The molecule has 0 saturated carbocycles. The highest BCUT2D eigenvalue weighted by Crippen LogP contribution is 2.30. The van der Waals surface area contributed by atoms with Crippen LogP contribution >= 0.6 is 0 Å². The normalized spacial score (nSPS) is 20.6. The summed E-state index contributed by atoms with van der Waals surface area (Å²) in [6, 6.07) is 6.00. The van der Waals surface area contributed by atoms with E-state index in [-0.39, 0.29) is 6.23 Å². The molecule has 0 bridgehead atoms. The van der Waals surface area contributed by atoms with Crippen LogP contribution in [0.5, 0.6) is 5.75 Å². The topological polar surface area (TPSA) is 36.3 Å². The third-order valence-electron chi connectivity index (χ3n) is 3.25. The third-order valence-corrected chi connectivity index (χ3v) is 3.25. The Labute approximate surface area is 100 Å². The van der Waals surface area contributed by atoms with Gasteiger partial charge < -0.3 is 9.47 Å².